The lowest BCUT2D eigenvalue weighted by Gasteiger charge is -2.23. The summed E-state index contributed by atoms with van der Waals surface area (Å²) in [7, 11) is 0. The first-order chi connectivity index (χ1) is 13.7. The third-order valence-corrected chi connectivity index (χ3v) is 5.64. The van der Waals surface area contributed by atoms with Crippen molar-refractivity contribution in [2.75, 3.05) is 6.61 Å². The van der Waals surface area contributed by atoms with Gasteiger partial charge in [-0.05, 0) is 36.6 Å². The number of carbonyl (C=O) groups is 1. The molecule has 140 valence electrons. The van der Waals surface area contributed by atoms with E-state index in [9.17, 15) is 4.79 Å². The number of para-hydroxylation sites is 1. The number of fused-ring (bicyclic) bond motifs is 5. The van der Waals surface area contributed by atoms with Gasteiger partial charge in [0.05, 0.1) is 12.3 Å². The molecule has 0 amide bonds. The number of esters is 1. The number of nitrogens with one attached hydrogen (secondary N) is 1. The average molecular weight is 371 g/mol. The Morgan fingerprint density at radius 2 is 1.89 bits per heavy atom. The summed E-state index contributed by atoms with van der Waals surface area (Å²) < 4.78 is 11.5. The molecule has 28 heavy (non-hydrogen) atoms. The molecule has 0 saturated carbocycles. The number of ether oxygens (including phenoxy) is 1. The first-order valence-corrected chi connectivity index (χ1v) is 9.64. The molecule has 0 radical (unpaired) electrons. The van der Waals surface area contributed by atoms with Crippen LogP contribution in [0.1, 0.15) is 45.8 Å². The summed E-state index contributed by atoms with van der Waals surface area (Å²) in [5.41, 5.74) is 6.78. The zero-order chi connectivity index (χ0) is 19.3. The van der Waals surface area contributed by atoms with Crippen LogP contribution in [0.25, 0.3) is 22.2 Å². The molecule has 2 heterocycles. The number of H-pyrrole nitrogens is 1. The molecule has 1 unspecified atom stereocenters. The van der Waals surface area contributed by atoms with Crippen molar-refractivity contribution in [3.8, 4) is 11.3 Å². The fourth-order valence-corrected chi connectivity index (χ4v) is 4.42. The second-order valence-electron chi connectivity index (χ2n) is 7.20. The van der Waals surface area contributed by atoms with Crippen molar-refractivity contribution in [3.05, 3.63) is 82.7 Å². The number of rotatable bonds is 3. The van der Waals surface area contributed by atoms with E-state index in [4.69, 9.17) is 9.15 Å². The van der Waals surface area contributed by atoms with E-state index in [-0.39, 0.29) is 11.9 Å². The fraction of sp³-hybridized carbons (Fsp3) is 0.208. The van der Waals surface area contributed by atoms with Crippen molar-refractivity contribution >= 4 is 16.9 Å². The standard InChI is InChI=1S/C24H21NO3/c1-3-27-24(26)22-14(2)20-17(15-9-5-4-6-10-15)13-19-21(23(20)25-22)16-11-7-8-12-18(16)28-19/h4-12,17,25H,3,13H2,1-2H3. The van der Waals surface area contributed by atoms with Crippen LogP contribution in [0.4, 0.5) is 0 Å². The highest BCUT2D eigenvalue weighted by Crippen LogP contribution is 2.48. The highest BCUT2D eigenvalue weighted by Gasteiger charge is 2.35. The van der Waals surface area contributed by atoms with Gasteiger partial charge in [0, 0.05) is 23.3 Å². The summed E-state index contributed by atoms with van der Waals surface area (Å²) in [4.78, 5) is 15.9. The first-order valence-electron chi connectivity index (χ1n) is 9.64. The summed E-state index contributed by atoms with van der Waals surface area (Å²) in [6.07, 6.45) is 0.766. The van der Waals surface area contributed by atoms with Crippen LogP contribution in [-0.4, -0.2) is 17.6 Å². The lowest BCUT2D eigenvalue weighted by atomic mass is 9.79. The van der Waals surface area contributed by atoms with Crippen LogP contribution >= 0.6 is 0 Å². The predicted octanol–water partition coefficient (Wildman–Crippen LogP) is 5.60. The van der Waals surface area contributed by atoms with Crippen LogP contribution in [0.5, 0.6) is 0 Å². The predicted molar refractivity (Wildman–Crippen MR) is 109 cm³/mol. The summed E-state index contributed by atoms with van der Waals surface area (Å²) in [6.45, 7) is 4.18. The molecule has 0 aliphatic heterocycles. The molecular weight excluding hydrogens is 350 g/mol. The Balaban J connectivity index is 1.79. The number of hydrogen-bond donors (Lipinski definition) is 1. The molecule has 4 nitrogen and oxygen atoms in total. The Morgan fingerprint density at radius 3 is 2.68 bits per heavy atom. The molecule has 0 saturated heterocycles. The minimum absolute atomic E-state index is 0.128. The maximum atomic E-state index is 12.6. The SMILES string of the molecule is CCOC(=O)c1[nH]c2c(c1C)C(c1ccccc1)Cc1oc3ccccc3c1-2. The average Bonchev–Trinajstić information content (AvgIpc) is 3.26. The third-order valence-electron chi connectivity index (χ3n) is 5.64. The van der Waals surface area contributed by atoms with Gasteiger partial charge in [0.25, 0.3) is 0 Å². The van der Waals surface area contributed by atoms with Crippen LogP contribution in [0.15, 0.2) is 59.0 Å². The maximum absolute atomic E-state index is 12.6. The monoisotopic (exact) mass is 371 g/mol. The van der Waals surface area contributed by atoms with E-state index in [1.54, 1.807) is 0 Å². The van der Waals surface area contributed by atoms with Crippen LogP contribution in [0.2, 0.25) is 0 Å². The molecule has 0 fully saturated rings. The van der Waals surface area contributed by atoms with Crippen molar-refractivity contribution in [1.29, 1.82) is 0 Å². The first kappa shape index (κ1) is 16.9. The minimum atomic E-state index is -0.310. The molecule has 4 heteroatoms. The van der Waals surface area contributed by atoms with E-state index in [2.05, 4.69) is 35.3 Å². The van der Waals surface area contributed by atoms with Crippen LogP contribution in [0, 0.1) is 6.92 Å². The molecule has 2 aromatic carbocycles. The van der Waals surface area contributed by atoms with Crippen LogP contribution in [-0.2, 0) is 11.2 Å². The largest absolute Gasteiger partial charge is 0.461 e. The van der Waals surface area contributed by atoms with E-state index in [0.29, 0.717) is 12.3 Å². The second kappa shape index (κ2) is 6.41. The van der Waals surface area contributed by atoms with Gasteiger partial charge in [-0.3, -0.25) is 0 Å². The minimum Gasteiger partial charge on any atom is -0.461 e. The Morgan fingerprint density at radius 1 is 1.14 bits per heavy atom. The Hall–Kier alpha value is -3.27. The lowest BCUT2D eigenvalue weighted by molar-refractivity contribution is 0.0519. The maximum Gasteiger partial charge on any atom is 0.355 e. The number of carbonyl (C=O) groups excluding carboxylic acids is 1. The van der Waals surface area contributed by atoms with Gasteiger partial charge in [-0.1, -0.05) is 48.5 Å². The molecule has 4 aromatic rings. The third kappa shape index (κ3) is 2.41. The zero-order valence-electron chi connectivity index (χ0n) is 15.9. The van der Waals surface area contributed by atoms with Gasteiger partial charge in [0.15, 0.2) is 0 Å². The van der Waals surface area contributed by atoms with Gasteiger partial charge in [-0.25, -0.2) is 4.79 Å². The smallest absolute Gasteiger partial charge is 0.355 e. The molecule has 2 aromatic heterocycles. The van der Waals surface area contributed by atoms with Gasteiger partial charge >= 0.3 is 5.97 Å². The summed E-state index contributed by atoms with van der Waals surface area (Å²) in [5, 5.41) is 1.07. The van der Waals surface area contributed by atoms with Crippen molar-refractivity contribution in [3.63, 3.8) is 0 Å². The molecule has 1 atom stereocenters. The Bertz CT molecular complexity index is 1180. The lowest BCUT2D eigenvalue weighted by Crippen LogP contribution is -2.11. The molecule has 0 bridgehead atoms. The molecule has 1 aliphatic carbocycles. The topological polar surface area (TPSA) is 55.2 Å². The Kier molecular flexibility index (Phi) is 3.86. The van der Waals surface area contributed by atoms with Crippen molar-refractivity contribution in [2.45, 2.75) is 26.2 Å². The number of aromatic nitrogens is 1. The highest BCUT2D eigenvalue weighted by molar-refractivity contribution is 5.99. The Labute approximate surface area is 163 Å². The second-order valence-corrected chi connectivity index (χ2v) is 7.20. The molecule has 5 rings (SSSR count). The van der Waals surface area contributed by atoms with E-state index < -0.39 is 0 Å². The quantitative estimate of drug-likeness (QED) is 0.477. The molecular formula is C24H21NO3. The normalized spacial score (nSPS) is 15.3. The van der Waals surface area contributed by atoms with Gasteiger partial charge in [0.1, 0.15) is 17.0 Å². The number of benzene rings is 2. The van der Waals surface area contributed by atoms with Crippen molar-refractivity contribution in [1.82, 2.24) is 4.98 Å². The van der Waals surface area contributed by atoms with Gasteiger partial charge in [-0.2, -0.15) is 0 Å². The molecule has 1 aliphatic rings. The van der Waals surface area contributed by atoms with E-state index in [1.807, 2.05) is 38.1 Å². The fourth-order valence-electron chi connectivity index (χ4n) is 4.42. The van der Waals surface area contributed by atoms with Gasteiger partial charge < -0.3 is 14.1 Å². The van der Waals surface area contributed by atoms with Gasteiger partial charge in [0.2, 0.25) is 0 Å². The van der Waals surface area contributed by atoms with Crippen molar-refractivity contribution in [2.24, 2.45) is 0 Å². The number of hydrogen-bond acceptors (Lipinski definition) is 3. The zero-order valence-corrected chi connectivity index (χ0v) is 15.9. The van der Waals surface area contributed by atoms with Crippen LogP contribution < -0.4 is 0 Å². The summed E-state index contributed by atoms with van der Waals surface area (Å²) in [5.74, 6) is 0.776. The molecule has 1 N–H and O–H groups in total. The highest BCUT2D eigenvalue weighted by atomic mass is 16.5. The van der Waals surface area contributed by atoms with E-state index in [0.717, 1.165) is 45.5 Å². The summed E-state index contributed by atoms with van der Waals surface area (Å²) >= 11 is 0. The number of furan rings is 1. The number of aromatic amines is 1. The molecule has 0 spiro atoms. The summed E-state index contributed by atoms with van der Waals surface area (Å²) in [6, 6.07) is 18.5. The van der Waals surface area contributed by atoms with E-state index >= 15 is 0 Å². The van der Waals surface area contributed by atoms with E-state index in [1.165, 1.54) is 5.56 Å². The van der Waals surface area contributed by atoms with Gasteiger partial charge in [-0.15, -0.1) is 0 Å². The van der Waals surface area contributed by atoms with Crippen molar-refractivity contribution < 1.29 is 13.9 Å². The van der Waals surface area contributed by atoms with Crippen LogP contribution in [0.3, 0.4) is 0 Å².